The first-order chi connectivity index (χ1) is 10.8. The Hall–Kier alpha value is -1.66. The number of ether oxygens (including phenoxy) is 1. The van der Waals surface area contributed by atoms with Gasteiger partial charge >= 0.3 is 0 Å². The van der Waals surface area contributed by atoms with E-state index >= 15 is 0 Å². The Morgan fingerprint density at radius 3 is 3.09 bits per heavy atom. The number of aromatic nitrogens is 4. The van der Waals surface area contributed by atoms with Crippen molar-refractivity contribution in [2.45, 2.75) is 32.5 Å². The summed E-state index contributed by atoms with van der Waals surface area (Å²) >= 11 is 0. The van der Waals surface area contributed by atoms with Gasteiger partial charge in [0.15, 0.2) is 0 Å². The van der Waals surface area contributed by atoms with Gasteiger partial charge in [-0.3, -0.25) is 9.58 Å². The van der Waals surface area contributed by atoms with Gasteiger partial charge in [-0.2, -0.15) is 5.10 Å². The van der Waals surface area contributed by atoms with Crippen molar-refractivity contribution < 1.29 is 4.74 Å². The highest BCUT2D eigenvalue weighted by molar-refractivity contribution is 5.11. The number of imidazole rings is 1. The molecule has 2 aliphatic heterocycles. The average Bonchev–Trinajstić information content (AvgIpc) is 3.25. The predicted octanol–water partition coefficient (Wildman–Crippen LogP) is 1.54. The standard InChI is InChI=1S/C16H23N5O/c1-13-16-17-9-15(11-20-5-2-4-18-20)21(16)7-6-19(13)10-14-3-8-22-12-14/h2,4-5,9,13-14H,3,6-8,10-12H2,1H3. The number of fused-ring (bicyclic) bond motifs is 1. The van der Waals surface area contributed by atoms with Crippen molar-refractivity contribution in [1.29, 1.82) is 0 Å². The molecule has 4 rings (SSSR count). The summed E-state index contributed by atoms with van der Waals surface area (Å²) < 4.78 is 9.83. The van der Waals surface area contributed by atoms with Crippen molar-refractivity contribution in [2.24, 2.45) is 5.92 Å². The van der Waals surface area contributed by atoms with E-state index in [1.54, 1.807) is 0 Å². The van der Waals surface area contributed by atoms with E-state index in [2.05, 4.69) is 21.5 Å². The highest BCUT2D eigenvalue weighted by Crippen LogP contribution is 2.27. The fourth-order valence-electron chi connectivity index (χ4n) is 3.60. The highest BCUT2D eigenvalue weighted by Gasteiger charge is 2.29. The van der Waals surface area contributed by atoms with Crippen LogP contribution in [-0.2, 0) is 17.8 Å². The van der Waals surface area contributed by atoms with Crippen LogP contribution in [0.3, 0.4) is 0 Å². The molecule has 0 bridgehead atoms. The monoisotopic (exact) mass is 301 g/mol. The molecule has 0 N–H and O–H groups in total. The van der Waals surface area contributed by atoms with Crippen molar-refractivity contribution in [1.82, 2.24) is 24.2 Å². The number of rotatable bonds is 4. The molecule has 2 aromatic heterocycles. The summed E-state index contributed by atoms with van der Waals surface area (Å²) in [5.41, 5.74) is 1.24. The topological polar surface area (TPSA) is 48.1 Å². The maximum Gasteiger partial charge on any atom is 0.126 e. The summed E-state index contributed by atoms with van der Waals surface area (Å²) in [6.07, 6.45) is 7.03. The molecule has 4 heterocycles. The van der Waals surface area contributed by atoms with Crippen molar-refractivity contribution in [3.8, 4) is 0 Å². The second-order valence-corrected chi connectivity index (χ2v) is 6.36. The smallest absolute Gasteiger partial charge is 0.126 e. The summed E-state index contributed by atoms with van der Waals surface area (Å²) in [5, 5.41) is 4.29. The van der Waals surface area contributed by atoms with Crippen LogP contribution in [0.25, 0.3) is 0 Å². The molecule has 0 aliphatic carbocycles. The first kappa shape index (κ1) is 14.0. The van der Waals surface area contributed by atoms with Crippen LogP contribution in [0.5, 0.6) is 0 Å². The molecule has 2 atom stereocenters. The van der Waals surface area contributed by atoms with Gasteiger partial charge in [-0.1, -0.05) is 0 Å². The minimum atomic E-state index is 0.376. The molecule has 6 nitrogen and oxygen atoms in total. The van der Waals surface area contributed by atoms with Crippen LogP contribution in [0.15, 0.2) is 24.7 Å². The van der Waals surface area contributed by atoms with E-state index in [1.165, 1.54) is 17.9 Å². The first-order valence-electron chi connectivity index (χ1n) is 8.15. The third kappa shape index (κ3) is 2.57. The second-order valence-electron chi connectivity index (χ2n) is 6.36. The van der Waals surface area contributed by atoms with Gasteiger partial charge < -0.3 is 9.30 Å². The molecule has 2 unspecified atom stereocenters. The number of hydrogen-bond acceptors (Lipinski definition) is 4. The number of hydrogen-bond donors (Lipinski definition) is 0. The summed E-state index contributed by atoms with van der Waals surface area (Å²) in [7, 11) is 0. The Bertz CT molecular complexity index is 615. The van der Waals surface area contributed by atoms with E-state index in [-0.39, 0.29) is 0 Å². The fourth-order valence-corrected chi connectivity index (χ4v) is 3.60. The van der Waals surface area contributed by atoms with Crippen LogP contribution in [0.2, 0.25) is 0 Å². The van der Waals surface area contributed by atoms with Crippen molar-refractivity contribution in [3.05, 3.63) is 36.2 Å². The lowest BCUT2D eigenvalue weighted by Gasteiger charge is -2.35. The zero-order valence-corrected chi connectivity index (χ0v) is 13.1. The molecule has 118 valence electrons. The largest absolute Gasteiger partial charge is 0.381 e. The molecular weight excluding hydrogens is 278 g/mol. The van der Waals surface area contributed by atoms with Crippen LogP contribution in [0, 0.1) is 5.92 Å². The fraction of sp³-hybridized carbons (Fsp3) is 0.625. The SMILES string of the molecule is CC1c2ncc(Cn3cccn3)n2CCN1CC1CCOC1. The quantitative estimate of drug-likeness (QED) is 0.859. The van der Waals surface area contributed by atoms with E-state index in [0.717, 1.165) is 39.4 Å². The Kier molecular flexibility index (Phi) is 3.72. The predicted molar refractivity (Wildman–Crippen MR) is 82.5 cm³/mol. The lowest BCUT2D eigenvalue weighted by Crippen LogP contribution is -2.40. The van der Waals surface area contributed by atoms with Gasteiger partial charge in [0.05, 0.1) is 31.1 Å². The van der Waals surface area contributed by atoms with Crippen LogP contribution < -0.4 is 0 Å². The Labute approximate surface area is 130 Å². The zero-order valence-electron chi connectivity index (χ0n) is 13.1. The minimum Gasteiger partial charge on any atom is -0.381 e. The summed E-state index contributed by atoms with van der Waals surface area (Å²) in [6.45, 7) is 8.14. The summed E-state index contributed by atoms with van der Waals surface area (Å²) in [4.78, 5) is 7.25. The molecule has 2 aliphatic rings. The lowest BCUT2D eigenvalue weighted by atomic mass is 10.1. The maximum absolute atomic E-state index is 5.51. The Morgan fingerprint density at radius 1 is 1.36 bits per heavy atom. The third-order valence-corrected chi connectivity index (χ3v) is 4.90. The van der Waals surface area contributed by atoms with Crippen molar-refractivity contribution >= 4 is 0 Å². The van der Waals surface area contributed by atoms with E-state index in [4.69, 9.17) is 9.72 Å². The normalized spacial score (nSPS) is 25.5. The number of nitrogens with zero attached hydrogens (tertiary/aromatic N) is 5. The zero-order chi connectivity index (χ0) is 14.9. The van der Waals surface area contributed by atoms with Gasteiger partial charge in [-0.25, -0.2) is 4.98 Å². The average molecular weight is 301 g/mol. The summed E-state index contributed by atoms with van der Waals surface area (Å²) in [5.74, 6) is 1.87. The van der Waals surface area contributed by atoms with Gasteiger partial charge in [-0.05, 0) is 25.3 Å². The van der Waals surface area contributed by atoms with Crippen molar-refractivity contribution in [2.75, 3.05) is 26.3 Å². The molecule has 1 saturated heterocycles. The van der Waals surface area contributed by atoms with Gasteiger partial charge in [0.2, 0.25) is 0 Å². The third-order valence-electron chi connectivity index (χ3n) is 4.90. The Balaban J connectivity index is 1.49. The van der Waals surface area contributed by atoms with E-state index in [0.29, 0.717) is 12.0 Å². The molecule has 6 heteroatoms. The molecule has 0 aromatic carbocycles. The molecule has 1 fully saturated rings. The van der Waals surface area contributed by atoms with Gasteiger partial charge in [-0.15, -0.1) is 0 Å². The van der Waals surface area contributed by atoms with Gasteiger partial charge in [0.1, 0.15) is 5.82 Å². The highest BCUT2D eigenvalue weighted by atomic mass is 16.5. The van der Waals surface area contributed by atoms with Crippen LogP contribution >= 0.6 is 0 Å². The van der Waals surface area contributed by atoms with E-state index in [9.17, 15) is 0 Å². The molecule has 22 heavy (non-hydrogen) atoms. The van der Waals surface area contributed by atoms with Crippen LogP contribution in [-0.4, -0.2) is 50.5 Å². The van der Waals surface area contributed by atoms with E-state index < -0.39 is 0 Å². The van der Waals surface area contributed by atoms with Crippen molar-refractivity contribution in [3.63, 3.8) is 0 Å². The summed E-state index contributed by atoms with van der Waals surface area (Å²) in [6, 6.07) is 2.34. The molecule has 0 radical (unpaired) electrons. The molecular formula is C16H23N5O. The molecule has 0 saturated carbocycles. The minimum absolute atomic E-state index is 0.376. The lowest BCUT2D eigenvalue weighted by molar-refractivity contribution is 0.124. The van der Waals surface area contributed by atoms with Gasteiger partial charge in [0, 0.05) is 38.6 Å². The maximum atomic E-state index is 5.51. The molecule has 0 amide bonds. The molecule has 0 spiro atoms. The van der Waals surface area contributed by atoms with E-state index in [1.807, 2.05) is 29.3 Å². The van der Waals surface area contributed by atoms with Crippen LogP contribution in [0.1, 0.15) is 30.9 Å². The Morgan fingerprint density at radius 2 is 2.32 bits per heavy atom. The van der Waals surface area contributed by atoms with Crippen LogP contribution in [0.4, 0.5) is 0 Å². The second kappa shape index (κ2) is 5.85. The first-order valence-corrected chi connectivity index (χ1v) is 8.15. The molecule has 2 aromatic rings. The van der Waals surface area contributed by atoms with Gasteiger partial charge in [0.25, 0.3) is 0 Å².